The molecule has 1 N–H and O–H groups in total. The topological polar surface area (TPSA) is 45.2 Å². The van der Waals surface area contributed by atoms with Crippen LogP contribution in [0.5, 0.6) is 11.5 Å². The number of aliphatic hydroxyl groups is 1. The Balaban J connectivity index is 1.42. The van der Waals surface area contributed by atoms with E-state index in [-0.39, 0.29) is 6.10 Å². The first-order valence-electron chi connectivity index (χ1n) is 8.67. The second kappa shape index (κ2) is 7.99. The molecule has 0 amide bonds. The Hall–Kier alpha value is -1.30. The Labute approximate surface area is 138 Å². The highest BCUT2D eigenvalue weighted by Gasteiger charge is 2.35. The van der Waals surface area contributed by atoms with Crippen molar-refractivity contribution in [3.8, 4) is 11.5 Å². The molecule has 1 aromatic carbocycles. The van der Waals surface area contributed by atoms with E-state index in [1.165, 1.54) is 19.3 Å². The zero-order valence-corrected chi connectivity index (χ0v) is 14.0. The molecule has 2 aliphatic rings. The Morgan fingerprint density at radius 1 is 1.04 bits per heavy atom. The van der Waals surface area contributed by atoms with Gasteiger partial charge >= 0.3 is 0 Å². The van der Waals surface area contributed by atoms with E-state index < -0.39 is 0 Å². The summed E-state index contributed by atoms with van der Waals surface area (Å²) in [6, 6.07) is 7.96. The average Bonchev–Trinajstić information content (AvgIpc) is 2.97. The summed E-state index contributed by atoms with van der Waals surface area (Å²) in [6.45, 7) is 5.48. The lowest BCUT2D eigenvalue weighted by Crippen LogP contribution is -2.45. The van der Waals surface area contributed by atoms with Gasteiger partial charge in [0.1, 0.15) is 18.1 Å². The maximum Gasteiger partial charge on any atom is 0.119 e. The number of methoxy groups -OCH3 is 1. The van der Waals surface area contributed by atoms with E-state index in [1.807, 2.05) is 24.3 Å². The molecule has 2 heterocycles. The van der Waals surface area contributed by atoms with E-state index in [0.29, 0.717) is 12.6 Å². The van der Waals surface area contributed by atoms with Gasteiger partial charge < -0.3 is 14.6 Å². The minimum atomic E-state index is -0.228. The molecule has 0 saturated carbocycles. The number of nitrogens with zero attached hydrogens (tertiary/aromatic N) is 2. The largest absolute Gasteiger partial charge is 0.497 e. The Morgan fingerprint density at radius 3 is 2.43 bits per heavy atom. The number of ether oxygens (including phenoxy) is 2. The molecule has 0 radical (unpaired) electrons. The molecule has 2 aliphatic heterocycles. The predicted octanol–water partition coefficient (Wildman–Crippen LogP) is 1.60. The molecule has 5 heteroatoms. The molecule has 0 bridgehead atoms. The number of rotatable bonds is 6. The molecule has 0 aliphatic carbocycles. The molecule has 2 fully saturated rings. The maximum atomic E-state index is 10.3. The number of hydrogen-bond acceptors (Lipinski definition) is 5. The molecular weight excluding hydrogens is 292 g/mol. The van der Waals surface area contributed by atoms with Crippen LogP contribution in [0.1, 0.15) is 19.3 Å². The number of benzene rings is 1. The minimum Gasteiger partial charge on any atom is -0.497 e. The fourth-order valence-electron chi connectivity index (χ4n) is 3.60. The van der Waals surface area contributed by atoms with Crippen LogP contribution in [0.15, 0.2) is 24.3 Å². The highest BCUT2D eigenvalue weighted by atomic mass is 16.5. The van der Waals surface area contributed by atoms with Gasteiger partial charge in [-0.25, -0.2) is 0 Å². The summed E-state index contributed by atoms with van der Waals surface area (Å²) in [5.41, 5.74) is 0. The van der Waals surface area contributed by atoms with Crippen molar-refractivity contribution in [2.24, 2.45) is 0 Å². The lowest BCUT2D eigenvalue weighted by Gasteiger charge is -2.33. The second-order valence-corrected chi connectivity index (χ2v) is 6.51. The van der Waals surface area contributed by atoms with Crippen LogP contribution in [0, 0.1) is 0 Å². The quantitative estimate of drug-likeness (QED) is 0.863. The van der Waals surface area contributed by atoms with Crippen LogP contribution < -0.4 is 9.47 Å². The monoisotopic (exact) mass is 320 g/mol. The SMILES string of the molecule is COc1ccc(OCCN2C[C@H](O)[C@@H](N3CCCCC3)C2)cc1. The molecule has 2 atom stereocenters. The van der Waals surface area contributed by atoms with Gasteiger partial charge in [0.2, 0.25) is 0 Å². The van der Waals surface area contributed by atoms with Gasteiger partial charge in [0, 0.05) is 25.7 Å². The van der Waals surface area contributed by atoms with Crippen molar-refractivity contribution < 1.29 is 14.6 Å². The third-order valence-corrected chi connectivity index (χ3v) is 4.93. The van der Waals surface area contributed by atoms with Gasteiger partial charge in [0.05, 0.1) is 13.2 Å². The normalized spacial score (nSPS) is 26.3. The minimum absolute atomic E-state index is 0.228. The average molecular weight is 320 g/mol. The van der Waals surface area contributed by atoms with E-state index in [1.54, 1.807) is 7.11 Å². The van der Waals surface area contributed by atoms with Gasteiger partial charge in [-0.2, -0.15) is 0 Å². The van der Waals surface area contributed by atoms with E-state index in [9.17, 15) is 5.11 Å². The molecule has 23 heavy (non-hydrogen) atoms. The van der Waals surface area contributed by atoms with E-state index >= 15 is 0 Å². The van der Waals surface area contributed by atoms with Gasteiger partial charge in [-0.05, 0) is 50.2 Å². The van der Waals surface area contributed by atoms with Crippen molar-refractivity contribution in [2.45, 2.75) is 31.4 Å². The molecule has 0 aromatic heterocycles. The van der Waals surface area contributed by atoms with Gasteiger partial charge in [-0.1, -0.05) is 6.42 Å². The Morgan fingerprint density at radius 2 is 1.74 bits per heavy atom. The summed E-state index contributed by atoms with van der Waals surface area (Å²) in [7, 11) is 1.66. The van der Waals surface area contributed by atoms with Crippen LogP contribution in [0.3, 0.4) is 0 Å². The molecule has 2 saturated heterocycles. The number of aliphatic hydroxyl groups excluding tert-OH is 1. The Kier molecular flexibility index (Phi) is 5.75. The van der Waals surface area contributed by atoms with Crippen LogP contribution in [0.25, 0.3) is 0 Å². The summed E-state index contributed by atoms with van der Waals surface area (Å²) in [5.74, 6) is 1.70. The number of hydrogen-bond donors (Lipinski definition) is 1. The van der Waals surface area contributed by atoms with E-state index in [4.69, 9.17) is 9.47 Å². The fourth-order valence-corrected chi connectivity index (χ4v) is 3.60. The standard InChI is InChI=1S/C18H28N2O3/c1-22-15-5-7-16(8-6-15)23-12-11-19-13-17(18(21)14-19)20-9-3-2-4-10-20/h5-8,17-18,21H,2-4,9-14H2,1H3/t17-,18-/m0/s1. The second-order valence-electron chi connectivity index (χ2n) is 6.51. The first-order chi connectivity index (χ1) is 11.3. The van der Waals surface area contributed by atoms with Crippen LogP contribution in [0.2, 0.25) is 0 Å². The third-order valence-electron chi connectivity index (χ3n) is 4.93. The molecule has 0 unspecified atom stereocenters. The van der Waals surface area contributed by atoms with Crippen molar-refractivity contribution in [1.29, 1.82) is 0 Å². The van der Waals surface area contributed by atoms with Crippen molar-refractivity contribution in [3.63, 3.8) is 0 Å². The molecule has 3 rings (SSSR count). The number of piperidine rings is 1. The summed E-state index contributed by atoms with van der Waals surface area (Å²) in [6.07, 6.45) is 3.64. The van der Waals surface area contributed by atoms with Crippen LogP contribution in [-0.2, 0) is 0 Å². The molecule has 0 spiro atoms. The van der Waals surface area contributed by atoms with Crippen molar-refractivity contribution >= 4 is 0 Å². The zero-order chi connectivity index (χ0) is 16.1. The summed E-state index contributed by atoms with van der Waals surface area (Å²) < 4.78 is 10.9. The van der Waals surface area contributed by atoms with Gasteiger partial charge in [-0.15, -0.1) is 0 Å². The maximum absolute atomic E-state index is 10.3. The molecule has 128 valence electrons. The first kappa shape index (κ1) is 16.6. The van der Waals surface area contributed by atoms with Gasteiger partial charge in [0.25, 0.3) is 0 Å². The van der Waals surface area contributed by atoms with Crippen molar-refractivity contribution in [3.05, 3.63) is 24.3 Å². The summed E-state index contributed by atoms with van der Waals surface area (Å²) in [5, 5.41) is 10.3. The highest BCUT2D eigenvalue weighted by Crippen LogP contribution is 2.21. The zero-order valence-electron chi connectivity index (χ0n) is 14.0. The molecule has 5 nitrogen and oxygen atoms in total. The van der Waals surface area contributed by atoms with E-state index in [2.05, 4.69) is 9.80 Å². The lowest BCUT2D eigenvalue weighted by atomic mass is 10.1. The van der Waals surface area contributed by atoms with Gasteiger partial charge in [0.15, 0.2) is 0 Å². The van der Waals surface area contributed by atoms with Crippen LogP contribution in [0.4, 0.5) is 0 Å². The van der Waals surface area contributed by atoms with Gasteiger partial charge in [-0.3, -0.25) is 9.80 Å². The lowest BCUT2D eigenvalue weighted by molar-refractivity contribution is 0.0706. The molecule has 1 aromatic rings. The van der Waals surface area contributed by atoms with E-state index in [0.717, 1.165) is 44.2 Å². The Bertz CT molecular complexity index is 474. The smallest absolute Gasteiger partial charge is 0.119 e. The number of likely N-dealkylation sites (tertiary alicyclic amines) is 2. The summed E-state index contributed by atoms with van der Waals surface area (Å²) in [4.78, 5) is 4.78. The first-order valence-corrected chi connectivity index (χ1v) is 8.67. The fraction of sp³-hybridized carbons (Fsp3) is 0.667. The number of β-amino-alcohol motifs (C(OH)–C–C–N with tert-alkyl or cyclic N) is 1. The third kappa shape index (κ3) is 4.37. The summed E-state index contributed by atoms with van der Waals surface area (Å²) >= 11 is 0. The van der Waals surface area contributed by atoms with Crippen LogP contribution >= 0.6 is 0 Å². The molecular formula is C18H28N2O3. The van der Waals surface area contributed by atoms with Crippen molar-refractivity contribution in [2.75, 3.05) is 46.4 Å². The van der Waals surface area contributed by atoms with Crippen LogP contribution in [-0.4, -0.2) is 73.5 Å². The highest BCUT2D eigenvalue weighted by molar-refractivity contribution is 5.31. The van der Waals surface area contributed by atoms with Crippen molar-refractivity contribution in [1.82, 2.24) is 9.80 Å². The predicted molar refractivity (Wildman–Crippen MR) is 90.1 cm³/mol.